The number of aliphatic hydroxyl groups is 1. The number of likely N-dealkylation sites (tertiary alicyclic amines) is 1. The van der Waals surface area contributed by atoms with Gasteiger partial charge in [-0.25, -0.2) is 0 Å². The number of aliphatic hydroxyl groups excluding tert-OH is 1. The first kappa shape index (κ1) is 28.9. The van der Waals surface area contributed by atoms with Crippen LogP contribution in [0, 0.1) is 6.92 Å². The average Bonchev–Trinajstić information content (AvgIpc) is 3.22. The predicted molar refractivity (Wildman–Crippen MR) is 160 cm³/mol. The smallest absolute Gasteiger partial charge is 0.295 e. The van der Waals surface area contributed by atoms with Crippen molar-refractivity contribution in [3.05, 3.63) is 101 Å². The van der Waals surface area contributed by atoms with Gasteiger partial charge in [0.05, 0.1) is 11.6 Å². The molecule has 7 nitrogen and oxygen atoms in total. The fourth-order valence-electron chi connectivity index (χ4n) is 5.00. The van der Waals surface area contributed by atoms with Gasteiger partial charge in [0.15, 0.2) is 0 Å². The molecule has 1 fully saturated rings. The Hall–Kier alpha value is -4.10. The summed E-state index contributed by atoms with van der Waals surface area (Å²) in [7, 11) is 3.92. The minimum Gasteiger partial charge on any atom is -0.507 e. The molecule has 1 atom stereocenters. The summed E-state index contributed by atoms with van der Waals surface area (Å²) >= 11 is 0. The van der Waals surface area contributed by atoms with E-state index in [1.165, 1.54) is 0 Å². The first-order valence-electron chi connectivity index (χ1n) is 13.8. The number of ether oxygens (including phenoxy) is 1. The fraction of sp³-hybridized carbons (Fsp3) is 0.333. The standard InChI is InChI=1S/C33H39N3O4/c1-6-35(7-2)20-21-36-30(24-12-16-27(17-13-24)34(4)5)29(32(38)33(36)39)31(37)25-14-18-28(19-15-25)40-22-26-11-9-8-10-23(26)3/h8-19,30,37H,6-7,20-22H2,1-5H3/b31-29+. The number of nitrogens with zero attached hydrogens (tertiary/aromatic N) is 3. The van der Waals surface area contributed by atoms with Crippen LogP contribution in [0.15, 0.2) is 78.4 Å². The lowest BCUT2D eigenvalue weighted by molar-refractivity contribution is -0.140. The van der Waals surface area contributed by atoms with Crippen molar-refractivity contribution in [2.45, 2.75) is 33.4 Å². The van der Waals surface area contributed by atoms with E-state index in [1.54, 1.807) is 29.2 Å². The van der Waals surface area contributed by atoms with Gasteiger partial charge in [-0.3, -0.25) is 9.59 Å². The van der Waals surface area contributed by atoms with Gasteiger partial charge >= 0.3 is 0 Å². The summed E-state index contributed by atoms with van der Waals surface area (Å²) in [5, 5.41) is 11.4. The van der Waals surface area contributed by atoms with E-state index in [4.69, 9.17) is 4.74 Å². The highest BCUT2D eigenvalue weighted by Gasteiger charge is 2.46. The number of Topliss-reactive ketones (excluding diaryl/α,β-unsaturated/α-hetero) is 1. The van der Waals surface area contributed by atoms with Gasteiger partial charge in [-0.1, -0.05) is 50.2 Å². The minimum absolute atomic E-state index is 0.107. The number of carbonyl (C=O) groups excluding carboxylic acids is 2. The third kappa shape index (κ3) is 6.20. The van der Waals surface area contributed by atoms with E-state index < -0.39 is 17.7 Å². The van der Waals surface area contributed by atoms with Crippen molar-refractivity contribution >= 4 is 23.1 Å². The van der Waals surface area contributed by atoms with E-state index in [0.29, 0.717) is 31.0 Å². The van der Waals surface area contributed by atoms with Crippen LogP contribution in [-0.4, -0.2) is 66.9 Å². The Morgan fingerprint density at radius 1 is 0.925 bits per heavy atom. The summed E-state index contributed by atoms with van der Waals surface area (Å²) in [5.74, 6) is -0.793. The van der Waals surface area contributed by atoms with Crippen molar-refractivity contribution in [3.8, 4) is 5.75 Å². The van der Waals surface area contributed by atoms with Crippen LogP contribution in [0.3, 0.4) is 0 Å². The Bertz CT molecular complexity index is 1360. The Balaban J connectivity index is 1.66. The zero-order chi connectivity index (χ0) is 28.8. The van der Waals surface area contributed by atoms with Gasteiger partial charge in [0.25, 0.3) is 11.7 Å². The second-order valence-electron chi connectivity index (χ2n) is 10.2. The second-order valence-corrected chi connectivity index (χ2v) is 10.2. The minimum atomic E-state index is -0.677. The highest BCUT2D eigenvalue weighted by molar-refractivity contribution is 6.46. The molecule has 1 aliphatic heterocycles. The number of rotatable bonds is 11. The average molecular weight is 542 g/mol. The molecule has 0 spiro atoms. The first-order chi connectivity index (χ1) is 19.2. The van der Waals surface area contributed by atoms with E-state index in [0.717, 1.165) is 35.5 Å². The molecule has 210 valence electrons. The van der Waals surface area contributed by atoms with Gasteiger partial charge in [-0.2, -0.15) is 0 Å². The zero-order valence-electron chi connectivity index (χ0n) is 24.1. The van der Waals surface area contributed by atoms with Gasteiger partial charge in [0, 0.05) is 38.4 Å². The normalized spacial score (nSPS) is 16.6. The van der Waals surface area contributed by atoms with Crippen LogP contribution in [0.25, 0.3) is 5.76 Å². The maximum Gasteiger partial charge on any atom is 0.295 e. The van der Waals surface area contributed by atoms with E-state index in [1.807, 2.05) is 74.4 Å². The predicted octanol–water partition coefficient (Wildman–Crippen LogP) is 5.40. The molecule has 1 saturated heterocycles. The molecule has 40 heavy (non-hydrogen) atoms. The summed E-state index contributed by atoms with van der Waals surface area (Å²) < 4.78 is 5.95. The number of ketones is 1. The number of carbonyl (C=O) groups is 2. The molecule has 1 aliphatic rings. The maximum absolute atomic E-state index is 13.4. The van der Waals surface area contributed by atoms with Gasteiger partial charge in [0.2, 0.25) is 0 Å². The highest BCUT2D eigenvalue weighted by atomic mass is 16.5. The van der Waals surface area contributed by atoms with Gasteiger partial charge < -0.3 is 24.5 Å². The van der Waals surface area contributed by atoms with Crippen LogP contribution in [0.1, 0.15) is 42.1 Å². The molecule has 1 unspecified atom stereocenters. The molecule has 1 N–H and O–H groups in total. The lowest BCUT2D eigenvalue weighted by Gasteiger charge is -2.28. The summed E-state index contributed by atoms with van der Waals surface area (Å²) in [4.78, 5) is 32.5. The molecule has 0 saturated carbocycles. The Morgan fingerprint density at radius 3 is 2.17 bits per heavy atom. The van der Waals surface area contributed by atoms with Crippen LogP contribution in [0.4, 0.5) is 5.69 Å². The molecule has 3 aromatic carbocycles. The van der Waals surface area contributed by atoms with Gasteiger partial charge in [-0.15, -0.1) is 0 Å². The van der Waals surface area contributed by atoms with Crippen LogP contribution >= 0.6 is 0 Å². The molecule has 0 radical (unpaired) electrons. The quantitative estimate of drug-likeness (QED) is 0.199. The molecule has 0 aromatic heterocycles. The van der Waals surface area contributed by atoms with Crippen molar-refractivity contribution in [2.75, 3.05) is 45.2 Å². The van der Waals surface area contributed by atoms with E-state index in [2.05, 4.69) is 18.7 Å². The van der Waals surface area contributed by atoms with Crippen LogP contribution in [-0.2, 0) is 16.2 Å². The van der Waals surface area contributed by atoms with Gasteiger partial charge in [0.1, 0.15) is 18.1 Å². The molecule has 4 rings (SSSR count). The molecule has 3 aromatic rings. The number of benzene rings is 3. The van der Waals surface area contributed by atoms with Crippen LogP contribution < -0.4 is 9.64 Å². The van der Waals surface area contributed by atoms with Gasteiger partial charge in [-0.05, 0) is 73.1 Å². The Kier molecular flexibility index (Phi) is 9.27. The van der Waals surface area contributed by atoms with Crippen LogP contribution in [0.2, 0.25) is 0 Å². The number of aryl methyl sites for hydroxylation is 1. The third-order valence-corrected chi connectivity index (χ3v) is 7.60. The van der Waals surface area contributed by atoms with Crippen LogP contribution in [0.5, 0.6) is 5.75 Å². The number of hydrogen-bond acceptors (Lipinski definition) is 6. The maximum atomic E-state index is 13.4. The lowest BCUT2D eigenvalue weighted by Crippen LogP contribution is -2.38. The molecule has 0 bridgehead atoms. The Morgan fingerprint density at radius 2 is 1.57 bits per heavy atom. The van der Waals surface area contributed by atoms with E-state index in [9.17, 15) is 14.7 Å². The fourth-order valence-corrected chi connectivity index (χ4v) is 5.00. The molecular formula is C33H39N3O4. The van der Waals surface area contributed by atoms with Crippen molar-refractivity contribution in [1.82, 2.24) is 9.80 Å². The van der Waals surface area contributed by atoms with E-state index in [-0.39, 0.29) is 11.3 Å². The van der Waals surface area contributed by atoms with Crippen molar-refractivity contribution in [2.24, 2.45) is 0 Å². The molecular weight excluding hydrogens is 502 g/mol. The summed E-state index contributed by atoms with van der Waals surface area (Å²) in [6.45, 7) is 9.34. The highest BCUT2D eigenvalue weighted by Crippen LogP contribution is 2.40. The number of amides is 1. The summed E-state index contributed by atoms with van der Waals surface area (Å²) in [5.41, 5.74) is 4.60. The SMILES string of the molecule is CCN(CC)CCN1C(=O)C(=O)/C(=C(/O)c2ccc(OCc3ccccc3C)cc2)C1c1ccc(N(C)C)cc1. The van der Waals surface area contributed by atoms with Crippen molar-refractivity contribution in [1.29, 1.82) is 0 Å². The third-order valence-electron chi connectivity index (χ3n) is 7.60. The zero-order valence-corrected chi connectivity index (χ0v) is 24.1. The molecule has 1 amide bonds. The Labute approximate surface area is 237 Å². The molecule has 1 heterocycles. The lowest BCUT2D eigenvalue weighted by atomic mass is 9.95. The largest absolute Gasteiger partial charge is 0.507 e. The topological polar surface area (TPSA) is 73.3 Å². The number of likely N-dealkylation sites (N-methyl/N-ethyl adjacent to an activating group) is 1. The first-order valence-corrected chi connectivity index (χ1v) is 13.8. The summed E-state index contributed by atoms with van der Waals surface area (Å²) in [6, 6.07) is 22.1. The van der Waals surface area contributed by atoms with Crippen molar-refractivity contribution < 1.29 is 19.4 Å². The number of hydrogen-bond donors (Lipinski definition) is 1. The molecule has 0 aliphatic carbocycles. The second kappa shape index (κ2) is 12.8. The molecule has 7 heteroatoms. The number of anilines is 1. The van der Waals surface area contributed by atoms with Crippen molar-refractivity contribution in [3.63, 3.8) is 0 Å². The monoisotopic (exact) mass is 541 g/mol. The summed E-state index contributed by atoms with van der Waals surface area (Å²) in [6.07, 6.45) is 0. The van der Waals surface area contributed by atoms with E-state index >= 15 is 0 Å².